The van der Waals surface area contributed by atoms with E-state index in [0.717, 1.165) is 28.0 Å². The summed E-state index contributed by atoms with van der Waals surface area (Å²) in [6.07, 6.45) is 1.81. The van der Waals surface area contributed by atoms with Crippen LogP contribution in [0.5, 0.6) is 11.5 Å². The van der Waals surface area contributed by atoms with Crippen LogP contribution in [0.1, 0.15) is 16.7 Å². The predicted octanol–water partition coefficient (Wildman–Crippen LogP) is 3.96. The molecule has 1 aromatic heterocycles. The van der Waals surface area contributed by atoms with Crippen molar-refractivity contribution < 1.29 is 4.74 Å². The second kappa shape index (κ2) is 7.68. The number of aromatic nitrogens is 1. The van der Waals surface area contributed by atoms with Crippen LogP contribution in [-0.2, 0) is 13.6 Å². The van der Waals surface area contributed by atoms with E-state index in [0.29, 0.717) is 18.0 Å². The van der Waals surface area contributed by atoms with Gasteiger partial charge in [0.2, 0.25) is 0 Å². The van der Waals surface area contributed by atoms with Gasteiger partial charge in [-0.1, -0.05) is 29.8 Å². The Morgan fingerprint density at radius 1 is 1.11 bits per heavy atom. The lowest BCUT2D eigenvalue weighted by Gasteiger charge is -2.17. The van der Waals surface area contributed by atoms with Gasteiger partial charge >= 0.3 is 0 Å². The third kappa shape index (κ3) is 3.73. The summed E-state index contributed by atoms with van der Waals surface area (Å²) in [6, 6.07) is 13.8. The zero-order valence-corrected chi connectivity index (χ0v) is 16.2. The number of aryl methyl sites for hydroxylation is 3. The number of benzene rings is 2. The molecular formula is C22H25N3O2. The highest BCUT2D eigenvalue weighted by Crippen LogP contribution is 2.37. The first-order chi connectivity index (χ1) is 12.9. The Balaban J connectivity index is 2.18. The maximum Gasteiger partial charge on any atom is 0.273 e. The van der Waals surface area contributed by atoms with Crippen molar-refractivity contribution in [2.45, 2.75) is 20.4 Å². The SMILES string of the molecule is CNc1cc(-c2c(CN)cccc2Oc2ccc(C)cc2C)cn(C)c1=O. The monoisotopic (exact) mass is 363 g/mol. The van der Waals surface area contributed by atoms with E-state index in [-0.39, 0.29) is 5.56 Å². The molecule has 0 spiro atoms. The number of anilines is 1. The number of nitrogens with two attached hydrogens (primary N) is 1. The standard InChI is InChI=1S/C22H25N3O2/c1-14-8-9-19(15(2)10-14)27-20-7-5-6-16(12-23)21(20)17-11-18(24-3)22(26)25(4)13-17/h5-11,13,24H,12,23H2,1-4H3. The summed E-state index contributed by atoms with van der Waals surface area (Å²) in [5.74, 6) is 1.51. The lowest BCUT2D eigenvalue weighted by Crippen LogP contribution is -2.19. The van der Waals surface area contributed by atoms with E-state index in [9.17, 15) is 4.79 Å². The van der Waals surface area contributed by atoms with Crippen LogP contribution >= 0.6 is 0 Å². The lowest BCUT2D eigenvalue weighted by molar-refractivity contribution is 0.480. The van der Waals surface area contributed by atoms with Crippen LogP contribution in [0.25, 0.3) is 11.1 Å². The van der Waals surface area contributed by atoms with Crippen molar-refractivity contribution in [2.75, 3.05) is 12.4 Å². The molecule has 0 aliphatic carbocycles. The minimum atomic E-state index is -0.0803. The zero-order chi connectivity index (χ0) is 19.6. The summed E-state index contributed by atoms with van der Waals surface area (Å²) < 4.78 is 7.84. The van der Waals surface area contributed by atoms with Gasteiger partial charge in [0.05, 0.1) is 0 Å². The van der Waals surface area contributed by atoms with Gasteiger partial charge in [-0.3, -0.25) is 4.79 Å². The first-order valence-electron chi connectivity index (χ1n) is 8.90. The summed E-state index contributed by atoms with van der Waals surface area (Å²) >= 11 is 0. The number of ether oxygens (including phenoxy) is 1. The molecule has 2 aromatic carbocycles. The molecule has 0 fully saturated rings. The second-order valence-electron chi connectivity index (χ2n) is 6.67. The summed E-state index contributed by atoms with van der Waals surface area (Å²) in [5, 5.41) is 2.96. The Labute approximate surface area is 159 Å². The average Bonchev–Trinajstić information content (AvgIpc) is 2.66. The van der Waals surface area contributed by atoms with Crippen molar-refractivity contribution in [3.8, 4) is 22.6 Å². The van der Waals surface area contributed by atoms with E-state index < -0.39 is 0 Å². The molecule has 0 radical (unpaired) electrons. The molecule has 0 aliphatic heterocycles. The third-order valence-electron chi connectivity index (χ3n) is 4.62. The van der Waals surface area contributed by atoms with Crippen molar-refractivity contribution in [3.63, 3.8) is 0 Å². The molecule has 0 amide bonds. The molecule has 0 atom stereocenters. The van der Waals surface area contributed by atoms with E-state index >= 15 is 0 Å². The molecule has 3 N–H and O–H groups in total. The van der Waals surface area contributed by atoms with E-state index in [2.05, 4.69) is 18.3 Å². The highest BCUT2D eigenvalue weighted by Gasteiger charge is 2.15. The Morgan fingerprint density at radius 2 is 1.89 bits per heavy atom. The Bertz CT molecular complexity index is 1040. The van der Waals surface area contributed by atoms with Crippen LogP contribution in [0.3, 0.4) is 0 Å². The summed E-state index contributed by atoms with van der Waals surface area (Å²) in [4.78, 5) is 12.2. The first-order valence-corrected chi connectivity index (χ1v) is 8.90. The summed E-state index contributed by atoms with van der Waals surface area (Å²) in [5.41, 5.74) is 11.4. The van der Waals surface area contributed by atoms with Gasteiger partial charge in [-0.2, -0.15) is 0 Å². The highest BCUT2D eigenvalue weighted by atomic mass is 16.5. The Hall–Kier alpha value is -3.05. The molecule has 3 rings (SSSR count). The highest BCUT2D eigenvalue weighted by molar-refractivity contribution is 5.76. The van der Waals surface area contributed by atoms with Gasteiger partial charge in [0.1, 0.15) is 17.2 Å². The van der Waals surface area contributed by atoms with Crippen molar-refractivity contribution in [1.82, 2.24) is 4.57 Å². The minimum Gasteiger partial charge on any atom is -0.456 e. The lowest BCUT2D eigenvalue weighted by atomic mass is 9.99. The average molecular weight is 363 g/mol. The van der Waals surface area contributed by atoms with Gasteiger partial charge in [0.15, 0.2) is 0 Å². The molecule has 0 aliphatic rings. The number of pyridine rings is 1. The van der Waals surface area contributed by atoms with E-state index in [4.69, 9.17) is 10.5 Å². The number of rotatable bonds is 5. The fraction of sp³-hybridized carbons (Fsp3) is 0.227. The third-order valence-corrected chi connectivity index (χ3v) is 4.62. The van der Waals surface area contributed by atoms with E-state index in [1.54, 1.807) is 18.7 Å². The van der Waals surface area contributed by atoms with Gasteiger partial charge in [0.25, 0.3) is 5.56 Å². The van der Waals surface area contributed by atoms with Crippen molar-refractivity contribution >= 4 is 5.69 Å². The smallest absolute Gasteiger partial charge is 0.273 e. The molecule has 5 nitrogen and oxygen atoms in total. The van der Waals surface area contributed by atoms with Crippen molar-refractivity contribution in [1.29, 1.82) is 0 Å². The van der Waals surface area contributed by atoms with Gasteiger partial charge in [-0.25, -0.2) is 0 Å². The molecule has 0 saturated carbocycles. The summed E-state index contributed by atoms with van der Waals surface area (Å²) in [7, 11) is 3.48. The van der Waals surface area contributed by atoms with Crippen LogP contribution in [0.15, 0.2) is 53.5 Å². The van der Waals surface area contributed by atoms with Crippen LogP contribution in [0.2, 0.25) is 0 Å². The fourth-order valence-electron chi connectivity index (χ4n) is 3.22. The number of nitrogens with one attached hydrogen (secondary N) is 1. The fourth-order valence-corrected chi connectivity index (χ4v) is 3.22. The largest absolute Gasteiger partial charge is 0.456 e. The molecule has 140 valence electrons. The molecule has 0 saturated heterocycles. The molecule has 3 aromatic rings. The van der Waals surface area contributed by atoms with Gasteiger partial charge in [-0.15, -0.1) is 0 Å². The molecule has 5 heteroatoms. The number of hydrogen-bond donors (Lipinski definition) is 2. The normalized spacial score (nSPS) is 10.7. The number of nitrogens with zero attached hydrogens (tertiary/aromatic N) is 1. The number of hydrogen-bond acceptors (Lipinski definition) is 4. The van der Waals surface area contributed by atoms with E-state index in [1.165, 1.54) is 5.56 Å². The van der Waals surface area contributed by atoms with Gasteiger partial charge in [0, 0.05) is 38.0 Å². The minimum absolute atomic E-state index is 0.0803. The maximum atomic E-state index is 12.2. The Kier molecular flexibility index (Phi) is 5.33. The van der Waals surface area contributed by atoms with Gasteiger partial charge < -0.3 is 20.4 Å². The summed E-state index contributed by atoms with van der Waals surface area (Å²) in [6.45, 7) is 4.46. The molecule has 0 bridgehead atoms. The van der Waals surface area contributed by atoms with Crippen LogP contribution < -0.4 is 21.3 Å². The first kappa shape index (κ1) is 18.7. The van der Waals surface area contributed by atoms with Crippen LogP contribution in [0.4, 0.5) is 5.69 Å². The quantitative estimate of drug-likeness (QED) is 0.720. The molecule has 1 heterocycles. The Morgan fingerprint density at radius 3 is 2.56 bits per heavy atom. The van der Waals surface area contributed by atoms with Crippen molar-refractivity contribution in [3.05, 3.63) is 75.7 Å². The molecular weight excluding hydrogens is 338 g/mol. The molecule has 27 heavy (non-hydrogen) atoms. The van der Waals surface area contributed by atoms with Crippen LogP contribution in [0, 0.1) is 13.8 Å². The predicted molar refractivity (Wildman–Crippen MR) is 111 cm³/mol. The van der Waals surface area contributed by atoms with Gasteiger partial charge in [-0.05, 0) is 43.2 Å². The van der Waals surface area contributed by atoms with Crippen LogP contribution in [-0.4, -0.2) is 11.6 Å². The molecule has 0 unspecified atom stereocenters. The maximum absolute atomic E-state index is 12.2. The zero-order valence-electron chi connectivity index (χ0n) is 16.2. The van der Waals surface area contributed by atoms with E-state index in [1.807, 2.05) is 49.5 Å². The topological polar surface area (TPSA) is 69.3 Å². The second-order valence-corrected chi connectivity index (χ2v) is 6.67. The van der Waals surface area contributed by atoms with Crippen molar-refractivity contribution in [2.24, 2.45) is 12.8 Å².